The third kappa shape index (κ3) is 4.25. The van der Waals surface area contributed by atoms with Gasteiger partial charge in [-0.2, -0.15) is 0 Å². The van der Waals surface area contributed by atoms with Crippen LogP contribution >= 0.6 is 22.9 Å². The summed E-state index contributed by atoms with van der Waals surface area (Å²) in [6, 6.07) is 2.25. The van der Waals surface area contributed by atoms with E-state index in [2.05, 4.69) is 9.71 Å². The normalized spacial score (nSPS) is 11.6. The number of halogens is 1. The predicted octanol–water partition coefficient (Wildman–Crippen LogP) is 2.84. The molecule has 0 aliphatic carbocycles. The second kappa shape index (κ2) is 6.91. The lowest BCUT2D eigenvalue weighted by atomic mass is 10.2. The average Bonchev–Trinajstić information content (AvgIpc) is 2.83. The summed E-state index contributed by atoms with van der Waals surface area (Å²) in [5.74, 6) is 0. The van der Waals surface area contributed by atoms with Crippen LogP contribution in [0.3, 0.4) is 0 Å². The van der Waals surface area contributed by atoms with E-state index in [9.17, 15) is 18.5 Å². The molecule has 0 aliphatic heterocycles. The van der Waals surface area contributed by atoms with Crippen LogP contribution in [0.25, 0.3) is 0 Å². The van der Waals surface area contributed by atoms with Crippen LogP contribution in [-0.2, 0) is 16.4 Å². The third-order valence-corrected chi connectivity index (χ3v) is 5.80. The predicted molar refractivity (Wildman–Crippen MR) is 88.6 cm³/mol. The molecule has 23 heavy (non-hydrogen) atoms. The first-order valence-electron chi connectivity index (χ1n) is 6.56. The average molecular weight is 376 g/mol. The monoisotopic (exact) mass is 375 g/mol. The van der Waals surface area contributed by atoms with Crippen molar-refractivity contribution in [3.63, 3.8) is 0 Å². The van der Waals surface area contributed by atoms with Crippen LogP contribution in [0.1, 0.15) is 16.3 Å². The number of benzene rings is 1. The first kappa shape index (κ1) is 17.8. The van der Waals surface area contributed by atoms with Crippen LogP contribution in [0.5, 0.6) is 0 Å². The number of nitro groups is 1. The molecule has 0 atom stereocenters. The van der Waals surface area contributed by atoms with Crippen LogP contribution in [-0.4, -0.2) is 24.9 Å². The van der Waals surface area contributed by atoms with Gasteiger partial charge in [0.1, 0.15) is 5.02 Å². The maximum atomic E-state index is 12.3. The second-order valence-corrected chi connectivity index (χ2v) is 8.04. The van der Waals surface area contributed by atoms with Gasteiger partial charge >= 0.3 is 0 Å². The number of rotatable bonds is 6. The SMILES string of the molecule is Cc1nc(CCNS(=O)(=O)c2cc([N+](=O)[O-])c(Cl)cc2C)cs1. The minimum atomic E-state index is -3.86. The Kier molecular flexibility index (Phi) is 5.35. The number of nitrogens with zero attached hydrogens (tertiary/aromatic N) is 2. The molecule has 1 aromatic heterocycles. The molecule has 10 heteroatoms. The topological polar surface area (TPSA) is 102 Å². The first-order chi connectivity index (χ1) is 10.7. The van der Waals surface area contributed by atoms with Crippen molar-refractivity contribution in [2.45, 2.75) is 25.2 Å². The number of nitro benzene ring substituents is 1. The van der Waals surface area contributed by atoms with Crippen molar-refractivity contribution in [2.24, 2.45) is 0 Å². The van der Waals surface area contributed by atoms with E-state index in [0.717, 1.165) is 16.8 Å². The van der Waals surface area contributed by atoms with Crippen LogP contribution in [0.4, 0.5) is 5.69 Å². The summed E-state index contributed by atoms with van der Waals surface area (Å²) in [6.45, 7) is 3.56. The van der Waals surface area contributed by atoms with E-state index < -0.39 is 20.6 Å². The fourth-order valence-corrected chi connectivity index (χ4v) is 4.20. The highest BCUT2D eigenvalue weighted by molar-refractivity contribution is 7.89. The second-order valence-electron chi connectivity index (χ2n) is 4.83. The summed E-state index contributed by atoms with van der Waals surface area (Å²) in [5, 5.41) is 13.6. The van der Waals surface area contributed by atoms with Gasteiger partial charge in [0.25, 0.3) is 5.69 Å². The Morgan fingerprint density at radius 3 is 2.65 bits per heavy atom. The standard InChI is InChI=1S/C13H14ClN3O4S2/c1-8-5-11(14)12(17(18)19)6-13(8)23(20,21)15-4-3-10-7-22-9(2)16-10/h5-7,15H,3-4H2,1-2H3. The molecule has 2 aromatic rings. The first-order valence-corrected chi connectivity index (χ1v) is 9.30. The molecule has 2 rings (SSSR count). The van der Waals surface area contributed by atoms with E-state index in [-0.39, 0.29) is 16.5 Å². The number of thiazole rings is 1. The summed E-state index contributed by atoms with van der Waals surface area (Å²) in [4.78, 5) is 14.3. The molecule has 0 aliphatic rings. The highest BCUT2D eigenvalue weighted by Crippen LogP contribution is 2.30. The minimum absolute atomic E-state index is 0.0931. The van der Waals surface area contributed by atoms with Gasteiger partial charge in [-0.05, 0) is 25.5 Å². The number of nitrogens with one attached hydrogen (secondary N) is 1. The maximum Gasteiger partial charge on any atom is 0.289 e. The maximum absolute atomic E-state index is 12.3. The number of aryl methyl sites for hydroxylation is 2. The summed E-state index contributed by atoms with van der Waals surface area (Å²) in [5.41, 5.74) is 0.708. The number of hydrogen-bond donors (Lipinski definition) is 1. The molecule has 0 saturated carbocycles. The Morgan fingerprint density at radius 2 is 2.09 bits per heavy atom. The molecule has 0 bridgehead atoms. The van der Waals surface area contributed by atoms with Crippen molar-refractivity contribution in [3.8, 4) is 0 Å². The van der Waals surface area contributed by atoms with E-state index in [1.807, 2.05) is 12.3 Å². The van der Waals surface area contributed by atoms with Gasteiger partial charge in [-0.25, -0.2) is 18.1 Å². The van der Waals surface area contributed by atoms with Crippen molar-refractivity contribution in [2.75, 3.05) is 6.54 Å². The van der Waals surface area contributed by atoms with Gasteiger partial charge < -0.3 is 0 Å². The Labute approximate surface area is 142 Å². The summed E-state index contributed by atoms with van der Waals surface area (Å²) in [7, 11) is -3.86. The van der Waals surface area contributed by atoms with Crippen LogP contribution in [0.15, 0.2) is 22.4 Å². The lowest BCUT2D eigenvalue weighted by Gasteiger charge is -2.09. The molecule has 0 spiro atoms. The fourth-order valence-electron chi connectivity index (χ4n) is 1.99. The van der Waals surface area contributed by atoms with E-state index in [0.29, 0.717) is 12.0 Å². The van der Waals surface area contributed by atoms with Gasteiger partial charge in [0.05, 0.1) is 20.5 Å². The molecular formula is C13H14ClN3O4S2. The van der Waals surface area contributed by atoms with Crippen molar-refractivity contribution >= 4 is 38.6 Å². The van der Waals surface area contributed by atoms with Gasteiger partial charge in [-0.3, -0.25) is 10.1 Å². The molecule has 124 valence electrons. The number of aromatic nitrogens is 1. The lowest BCUT2D eigenvalue weighted by Crippen LogP contribution is -2.26. The van der Waals surface area contributed by atoms with Crippen molar-refractivity contribution in [1.82, 2.24) is 9.71 Å². The molecule has 0 saturated heterocycles. The Morgan fingerprint density at radius 1 is 1.39 bits per heavy atom. The molecule has 1 N–H and O–H groups in total. The zero-order valence-electron chi connectivity index (χ0n) is 12.4. The van der Waals surface area contributed by atoms with Gasteiger partial charge in [0.2, 0.25) is 10.0 Å². The van der Waals surface area contributed by atoms with Gasteiger partial charge in [0, 0.05) is 24.4 Å². The Bertz CT molecular complexity index is 849. The summed E-state index contributed by atoms with van der Waals surface area (Å²) >= 11 is 7.26. The molecule has 0 unspecified atom stereocenters. The van der Waals surface area contributed by atoms with Gasteiger partial charge in [-0.1, -0.05) is 11.6 Å². The van der Waals surface area contributed by atoms with Crippen molar-refractivity contribution in [3.05, 3.63) is 48.9 Å². The van der Waals surface area contributed by atoms with E-state index in [1.165, 1.54) is 24.3 Å². The molecule has 0 amide bonds. The van der Waals surface area contributed by atoms with E-state index in [4.69, 9.17) is 11.6 Å². The fraction of sp³-hybridized carbons (Fsp3) is 0.308. The number of hydrogen-bond acceptors (Lipinski definition) is 6. The Hall–Kier alpha value is -1.55. The summed E-state index contributed by atoms with van der Waals surface area (Å²) < 4.78 is 27.1. The minimum Gasteiger partial charge on any atom is -0.258 e. The largest absolute Gasteiger partial charge is 0.289 e. The summed E-state index contributed by atoms with van der Waals surface area (Å²) in [6.07, 6.45) is 0.443. The quantitative estimate of drug-likeness (QED) is 0.617. The molecule has 0 radical (unpaired) electrons. The van der Waals surface area contributed by atoms with Crippen molar-refractivity contribution in [1.29, 1.82) is 0 Å². The Balaban J connectivity index is 2.18. The van der Waals surface area contributed by atoms with Crippen LogP contribution in [0.2, 0.25) is 5.02 Å². The van der Waals surface area contributed by atoms with Crippen molar-refractivity contribution < 1.29 is 13.3 Å². The van der Waals surface area contributed by atoms with Gasteiger partial charge in [-0.15, -0.1) is 11.3 Å². The van der Waals surface area contributed by atoms with Crippen LogP contribution in [0, 0.1) is 24.0 Å². The molecular weight excluding hydrogens is 362 g/mol. The third-order valence-electron chi connectivity index (χ3n) is 3.07. The van der Waals surface area contributed by atoms with Gasteiger partial charge in [0.15, 0.2) is 0 Å². The molecule has 1 heterocycles. The van der Waals surface area contributed by atoms with E-state index >= 15 is 0 Å². The highest BCUT2D eigenvalue weighted by atomic mass is 35.5. The zero-order valence-corrected chi connectivity index (χ0v) is 14.8. The van der Waals surface area contributed by atoms with Crippen LogP contribution < -0.4 is 4.72 Å². The van der Waals surface area contributed by atoms with E-state index in [1.54, 1.807) is 0 Å². The zero-order chi connectivity index (χ0) is 17.2. The lowest BCUT2D eigenvalue weighted by molar-refractivity contribution is -0.384. The number of sulfonamides is 1. The molecule has 7 nitrogen and oxygen atoms in total. The molecule has 1 aromatic carbocycles. The smallest absolute Gasteiger partial charge is 0.258 e. The highest BCUT2D eigenvalue weighted by Gasteiger charge is 2.23. The molecule has 0 fully saturated rings.